The van der Waals surface area contributed by atoms with Crippen LogP contribution in [0.4, 0.5) is 0 Å². The predicted octanol–water partition coefficient (Wildman–Crippen LogP) is 0.779. The molecule has 1 N–H and O–H groups in total. The van der Waals surface area contributed by atoms with Crippen molar-refractivity contribution in [3.63, 3.8) is 0 Å². The molecule has 4 nitrogen and oxygen atoms in total. The van der Waals surface area contributed by atoms with E-state index in [1.165, 1.54) is 0 Å². The lowest BCUT2D eigenvalue weighted by molar-refractivity contribution is 0.178. The molecule has 1 unspecified atom stereocenters. The summed E-state index contributed by atoms with van der Waals surface area (Å²) < 4.78 is 5.05. The van der Waals surface area contributed by atoms with Crippen molar-refractivity contribution in [2.24, 2.45) is 0 Å². The van der Waals surface area contributed by atoms with Gasteiger partial charge in [-0.25, -0.2) is 0 Å². The SMILES string of the molecule is COCC(C)NC(=S)N(C)CCCN(C)C. The Kier molecular flexibility index (Phi) is 8.51. The number of hydrogen-bond acceptors (Lipinski definition) is 3. The standard InChI is InChI=1S/C11H25N3OS/c1-10(9-15-5)12-11(16)14(4)8-6-7-13(2)3/h10H,6-9H2,1-5H3,(H,12,16). The molecule has 5 heteroatoms. The number of methoxy groups -OCH3 is 1. The zero-order valence-corrected chi connectivity index (χ0v) is 11.9. The minimum absolute atomic E-state index is 0.258. The normalized spacial score (nSPS) is 12.6. The molecule has 0 aliphatic carbocycles. The largest absolute Gasteiger partial charge is 0.383 e. The van der Waals surface area contributed by atoms with Gasteiger partial charge < -0.3 is 19.9 Å². The number of hydrogen-bond donors (Lipinski definition) is 1. The van der Waals surface area contributed by atoms with Crippen LogP contribution in [-0.2, 0) is 4.74 Å². The first kappa shape index (κ1) is 15.6. The fraction of sp³-hybridized carbons (Fsp3) is 0.909. The Balaban J connectivity index is 3.72. The van der Waals surface area contributed by atoms with Crippen LogP contribution in [0.25, 0.3) is 0 Å². The highest BCUT2D eigenvalue weighted by Gasteiger charge is 2.07. The van der Waals surface area contributed by atoms with E-state index in [4.69, 9.17) is 17.0 Å². The van der Waals surface area contributed by atoms with Gasteiger partial charge in [-0.1, -0.05) is 0 Å². The molecule has 0 fully saturated rings. The van der Waals surface area contributed by atoms with Crippen molar-refractivity contribution in [2.75, 3.05) is 47.9 Å². The van der Waals surface area contributed by atoms with Gasteiger partial charge in [-0.3, -0.25) is 0 Å². The molecule has 0 radical (unpaired) electrons. The first-order chi connectivity index (χ1) is 7.47. The summed E-state index contributed by atoms with van der Waals surface area (Å²) >= 11 is 5.29. The van der Waals surface area contributed by atoms with E-state index in [1.54, 1.807) is 7.11 Å². The van der Waals surface area contributed by atoms with Crippen LogP contribution in [0.2, 0.25) is 0 Å². The predicted molar refractivity (Wildman–Crippen MR) is 72.9 cm³/mol. The second kappa shape index (κ2) is 8.73. The molecule has 0 aliphatic heterocycles. The van der Waals surface area contributed by atoms with Crippen molar-refractivity contribution in [3.05, 3.63) is 0 Å². The topological polar surface area (TPSA) is 27.7 Å². The summed E-state index contributed by atoms with van der Waals surface area (Å²) in [6.07, 6.45) is 1.12. The van der Waals surface area contributed by atoms with Crippen LogP contribution in [0.1, 0.15) is 13.3 Å². The van der Waals surface area contributed by atoms with Crippen LogP contribution in [0.5, 0.6) is 0 Å². The van der Waals surface area contributed by atoms with Crippen molar-refractivity contribution in [1.29, 1.82) is 0 Å². The van der Waals surface area contributed by atoms with E-state index in [0.717, 1.165) is 24.6 Å². The highest BCUT2D eigenvalue weighted by atomic mass is 32.1. The van der Waals surface area contributed by atoms with Gasteiger partial charge in [0.15, 0.2) is 5.11 Å². The lowest BCUT2D eigenvalue weighted by Gasteiger charge is -2.24. The van der Waals surface area contributed by atoms with Crippen molar-refractivity contribution in [1.82, 2.24) is 15.1 Å². The lowest BCUT2D eigenvalue weighted by atomic mass is 10.3. The second-order valence-electron chi connectivity index (χ2n) is 4.38. The van der Waals surface area contributed by atoms with Gasteiger partial charge in [0.25, 0.3) is 0 Å². The average Bonchev–Trinajstić information content (AvgIpc) is 2.17. The highest BCUT2D eigenvalue weighted by molar-refractivity contribution is 7.80. The Morgan fingerprint density at radius 2 is 1.94 bits per heavy atom. The first-order valence-corrected chi connectivity index (χ1v) is 6.03. The van der Waals surface area contributed by atoms with Gasteiger partial charge >= 0.3 is 0 Å². The molecule has 0 aromatic heterocycles. The molecule has 0 bridgehead atoms. The third-order valence-corrected chi connectivity index (χ3v) is 2.66. The fourth-order valence-corrected chi connectivity index (χ4v) is 1.63. The second-order valence-corrected chi connectivity index (χ2v) is 4.77. The molecule has 0 aromatic carbocycles. The zero-order valence-electron chi connectivity index (χ0n) is 11.1. The lowest BCUT2D eigenvalue weighted by Crippen LogP contribution is -2.44. The van der Waals surface area contributed by atoms with Crippen molar-refractivity contribution in [3.8, 4) is 0 Å². The van der Waals surface area contributed by atoms with Crippen LogP contribution in [0.3, 0.4) is 0 Å². The zero-order chi connectivity index (χ0) is 12.6. The summed E-state index contributed by atoms with van der Waals surface area (Å²) in [6, 6.07) is 0.258. The minimum atomic E-state index is 0.258. The monoisotopic (exact) mass is 247 g/mol. The average molecular weight is 247 g/mol. The minimum Gasteiger partial charge on any atom is -0.383 e. The molecule has 0 aliphatic rings. The van der Waals surface area contributed by atoms with Crippen molar-refractivity contribution in [2.45, 2.75) is 19.4 Å². The van der Waals surface area contributed by atoms with Gasteiger partial charge in [0.05, 0.1) is 6.61 Å². The summed E-state index contributed by atoms with van der Waals surface area (Å²) in [7, 11) is 7.88. The molecule has 0 aromatic rings. The van der Waals surface area contributed by atoms with E-state index < -0.39 is 0 Å². The van der Waals surface area contributed by atoms with E-state index in [2.05, 4.69) is 36.1 Å². The van der Waals surface area contributed by atoms with Crippen LogP contribution >= 0.6 is 12.2 Å². The van der Waals surface area contributed by atoms with Gasteiger partial charge in [-0.05, 0) is 46.2 Å². The summed E-state index contributed by atoms with van der Waals surface area (Å²) in [5, 5.41) is 4.03. The maximum Gasteiger partial charge on any atom is 0.168 e. The fourth-order valence-electron chi connectivity index (χ4n) is 1.34. The Hall–Kier alpha value is -0.390. The van der Waals surface area contributed by atoms with Crippen LogP contribution < -0.4 is 5.32 Å². The molecule has 1 atom stereocenters. The summed E-state index contributed by atoms with van der Waals surface area (Å²) in [4.78, 5) is 4.25. The maximum absolute atomic E-state index is 5.29. The number of rotatable bonds is 7. The van der Waals surface area contributed by atoms with Gasteiger partial charge in [-0.15, -0.1) is 0 Å². The van der Waals surface area contributed by atoms with Gasteiger partial charge in [0.1, 0.15) is 0 Å². The number of nitrogens with zero attached hydrogens (tertiary/aromatic N) is 2. The Morgan fingerprint density at radius 1 is 1.31 bits per heavy atom. The number of ether oxygens (including phenoxy) is 1. The van der Waals surface area contributed by atoms with E-state index in [-0.39, 0.29) is 6.04 Å². The van der Waals surface area contributed by atoms with Crippen molar-refractivity contribution >= 4 is 17.3 Å². The van der Waals surface area contributed by atoms with E-state index in [0.29, 0.717) is 6.61 Å². The number of thiocarbonyl (C=S) groups is 1. The molecule has 0 saturated carbocycles. The first-order valence-electron chi connectivity index (χ1n) is 5.62. The van der Waals surface area contributed by atoms with Gasteiger partial charge in [0.2, 0.25) is 0 Å². The third-order valence-electron chi connectivity index (χ3n) is 2.23. The molecule has 0 spiro atoms. The highest BCUT2D eigenvalue weighted by Crippen LogP contribution is 1.93. The Labute approximate surface area is 105 Å². The molecular weight excluding hydrogens is 222 g/mol. The molecule has 0 heterocycles. The van der Waals surface area contributed by atoms with E-state index in [1.807, 2.05) is 7.05 Å². The Bertz CT molecular complexity index is 200. The quantitative estimate of drug-likeness (QED) is 0.671. The summed E-state index contributed by atoms with van der Waals surface area (Å²) in [6.45, 7) is 4.79. The van der Waals surface area contributed by atoms with Crippen LogP contribution in [0.15, 0.2) is 0 Å². The summed E-state index contributed by atoms with van der Waals surface area (Å²) in [5.41, 5.74) is 0. The van der Waals surface area contributed by atoms with Gasteiger partial charge in [-0.2, -0.15) is 0 Å². The molecular formula is C11H25N3OS. The molecule has 96 valence electrons. The Morgan fingerprint density at radius 3 is 2.44 bits per heavy atom. The number of nitrogens with one attached hydrogen (secondary N) is 1. The molecule has 0 amide bonds. The van der Waals surface area contributed by atoms with E-state index >= 15 is 0 Å². The van der Waals surface area contributed by atoms with Gasteiger partial charge in [0, 0.05) is 26.7 Å². The van der Waals surface area contributed by atoms with Crippen molar-refractivity contribution < 1.29 is 4.74 Å². The molecule has 0 rings (SSSR count). The smallest absolute Gasteiger partial charge is 0.168 e. The maximum atomic E-state index is 5.29. The van der Waals surface area contributed by atoms with E-state index in [9.17, 15) is 0 Å². The van der Waals surface area contributed by atoms with Crippen LogP contribution in [-0.4, -0.2) is 68.9 Å². The summed E-state index contributed by atoms with van der Waals surface area (Å²) in [5.74, 6) is 0. The molecule has 16 heavy (non-hydrogen) atoms. The molecule has 0 saturated heterocycles. The third kappa shape index (κ3) is 7.84. The van der Waals surface area contributed by atoms with Crippen LogP contribution in [0, 0.1) is 0 Å².